The van der Waals surface area contributed by atoms with E-state index in [1.807, 2.05) is 72.9 Å². The van der Waals surface area contributed by atoms with Crippen LogP contribution in [-0.4, -0.2) is 27.7 Å². The predicted octanol–water partition coefficient (Wildman–Crippen LogP) is 3.52. The number of aliphatic hydroxyl groups excluding tert-OH is 1. The van der Waals surface area contributed by atoms with Gasteiger partial charge in [0.2, 0.25) is 0 Å². The zero-order valence-electron chi connectivity index (χ0n) is 14.9. The number of aliphatic hydroxyl groups is 1. The van der Waals surface area contributed by atoms with E-state index >= 15 is 0 Å². The van der Waals surface area contributed by atoms with E-state index in [9.17, 15) is 9.90 Å². The van der Waals surface area contributed by atoms with Crippen molar-refractivity contribution in [2.24, 2.45) is 0 Å². The van der Waals surface area contributed by atoms with Gasteiger partial charge in [-0.1, -0.05) is 60.7 Å². The molecule has 0 aliphatic carbocycles. The number of rotatable bonds is 4. The Balaban J connectivity index is 1.94. The molecular formula is C22H19N3O2. The highest BCUT2D eigenvalue weighted by molar-refractivity contribution is 6.06. The molecule has 0 atom stereocenters. The fraction of sp³-hybridized carbons (Fsp3) is 0.0909. The summed E-state index contributed by atoms with van der Waals surface area (Å²) < 4.78 is 1.73. The Morgan fingerprint density at radius 3 is 2.48 bits per heavy atom. The number of carbonyl (C=O) groups is 1. The molecule has 134 valence electrons. The molecule has 2 heterocycles. The molecule has 0 fully saturated rings. The Bertz CT molecular complexity index is 1120. The number of fused-ring (bicyclic) bond motifs is 1. The van der Waals surface area contributed by atoms with Crippen LogP contribution in [0.2, 0.25) is 0 Å². The normalized spacial score (nSPS) is 10.9. The van der Waals surface area contributed by atoms with Crippen molar-refractivity contribution in [2.75, 3.05) is 7.05 Å². The van der Waals surface area contributed by atoms with Crippen molar-refractivity contribution >= 4 is 11.4 Å². The number of hydrogen-bond acceptors (Lipinski definition) is 3. The van der Waals surface area contributed by atoms with E-state index in [4.69, 9.17) is 0 Å². The van der Waals surface area contributed by atoms with E-state index in [-0.39, 0.29) is 12.5 Å². The Hall–Kier alpha value is -3.44. The summed E-state index contributed by atoms with van der Waals surface area (Å²) in [6.07, 6.45) is 1.89. The average Bonchev–Trinajstić information content (AvgIpc) is 3.12. The molecule has 2 aromatic heterocycles. The van der Waals surface area contributed by atoms with E-state index in [0.29, 0.717) is 11.3 Å². The highest BCUT2D eigenvalue weighted by Crippen LogP contribution is 2.29. The van der Waals surface area contributed by atoms with Crippen LogP contribution in [0.4, 0.5) is 0 Å². The highest BCUT2D eigenvalue weighted by Gasteiger charge is 2.20. The van der Waals surface area contributed by atoms with E-state index in [0.717, 1.165) is 27.8 Å². The van der Waals surface area contributed by atoms with Crippen LogP contribution in [0.3, 0.4) is 0 Å². The lowest BCUT2D eigenvalue weighted by Crippen LogP contribution is -2.18. The minimum atomic E-state index is -0.174. The first kappa shape index (κ1) is 17.0. The second-order valence-electron chi connectivity index (χ2n) is 6.23. The molecule has 0 aliphatic heterocycles. The third kappa shape index (κ3) is 2.98. The number of nitrogens with one attached hydrogen (secondary N) is 1. The minimum absolute atomic E-state index is 0.0356. The fourth-order valence-corrected chi connectivity index (χ4v) is 3.30. The van der Waals surface area contributed by atoms with E-state index < -0.39 is 0 Å². The van der Waals surface area contributed by atoms with Crippen molar-refractivity contribution in [2.45, 2.75) is 6.61 Å². The maximum Gasteiger partial charge on any atom is 0.255 e. The number of nitrogens with zero attached hydrogens (tertiary/aromatic N) is 2. The lowest BCUT2D eigenvalue weighted by atomic mass is 10.0. The number of aromatic nitrogens is 2. The maximum atomic E-state index is 12.5. The number of hydrogen-bond donors (Lipinski definition) is 2. The summed E-state index contributed by atoms with van der Waals surface area (Å²) in [6.45, 7) is -0.0356. The van der Waals surface area contributed by atoms with E-state index in [2.05, 4.69) is 10.4 Å². The first-order chi connectivity index (χ1) is 13.2. The largest absolute Gasteiger partial charge is 0.392 e. The Morgan fingerprint density at radius 1 is 1.00 bits per heavy atom. The summed E-state index contributed by atoms with van der Waals surface area (Å²) in [5.74, 6) is -0.174. The summed E-state index contributed by atoms with van der Waals surface area (Å²) in [4.78, 5) is 12.5. The van der Waals surface area contributed by atoms with Gasteiger partial charge in [-0.15, -0.1) is 0 Å². The van der Waals surface area contributed by atoms with Gasteiger partial charge < -0.3 is 10.4 Å². The average molecular weight is 357 g/mol. The first-order valence-corrected chi connectivity index (χ1v) is 8.72. The number of amides is 1. The molecular weight excluding hydrogens is 338 g/mol. The Labute approximate surface area is 156 Å². The van der Waals surface area contributed by atoms with Gasteiger partial charge >= 0.3 is 0 Å². The Kier molecular flexibility index (Phi) is 4.44. The van der Waals surface area contributed by atoms with Gasteiger partial charge in [0.25, 0.3) is 5.91 Å². The molecule has 5 nitrogen and oxygen atoms in total. The van der Waals surface area contributed by atoms with Gasteiger partial charge in [0.1, 0.15) is 5.69 Å². The van der Waals surface area contributed by atoms with Gasteiger partial charge in [-0.05, 0) is 17.2 Å². The van der Waals surface area contributed by atoms with Crippen LogP contribution < -0.4 is 5.32 Å². The summed E-state index contributed by atoms with van der Waals surface area (Å²) in [7, 11) is 1.62. The molecule has 0 aliphatic rings. The predicted molar refractivity (Wildman–Crippen MR) is 105 cm³/mol. The fourth-order valence-electron chi connectivity index (χ4n) is 3.30. The highest BCUT2D eigenvalue weighted by atomic mass is 16.3. The molecule has 0 radical (unpaired) electrons. The lowest BCUT2D eigenvalue weighted by Gasteiger charge is -2.08. The molecule has 4 aromatic rings. The second kappa shape index (κ2) is 7.05. The zero-order chi connectivity index (χ0) is 18.8. The number of pyridine rings is 1. The van der Waals surface area contributed by atoms with Gasteiger partial charge in [0.15, 0.2) is 0 Å². The molecule has 0 spiro atoms. The minimum Gasteiger partial charge on any atom is -0.392 e. The van der Waals surface area contributed by atoms with Gasteiger partial charge in [0, 0.05) is 24.4 Å². The molecule has 0 saturated carbocycles. The summed E-state index contributed by atoms with van der Waals surface area (Å²) in [5.41, 5.74) is 5.53. The van der Waals surface area contributed by atoms with Gasteiger partial charge in [-0.3, -0.25) is 4.79 Å². The third-order valence-corrected chi connectivity index (χ3v) is 4.63. The van der Waals surface area contributed by atoms with Crippen LogP contribution in [0.1, 0.15) is 15.9 Å². The van der Waals surface area contributed by atoms with Crippen molar-refractivity contribution in [3.05, 3.63) is 84.1 Å². The van der Waals surface area contributed by atoms with Crippen molar-refractivity contribution in [1.82, 2.24) is 14.9 Å². The summed E-state index contributed by atoms with van der Waals surface area (Å²) >= 11 is 0. The van der Waals surface area contributed by atoms with Crippen molar-refractivity contribution < 1.29 is 9.90 Å². The van der Waals surface area contributed by atoms with Gasteiger partial charge in [-0.25, -0.2) is 4.52 Å². The standard InChI is InChI=1S/C22H19N3O2/c1-23-22(27)20-19-12-11-16(18-10-6-5-9-17(18)14-26)13-25(19)24-21(20)15-7-3-2-4-8-15/h2-13,26H,14H2,1H3,(H,23,27). The second-order valence-corrected chi connectivity index (χ2v) is 6.23. The molecule has 2 N–H and O–H groups in total. The number of benzene rings is 2. The van der Waals surface area contributed by atoms with E-state index in [1.54, 1.807) is 11.6 Å². The maximum absolute atomic E-state index is 12.5. The van der Waals surface area contributed by atoms with Crippen LogP contribution in [0.5, 0.6) is 0 Å². The van der Waals surface area contributed by atoms with Gasteiger partial charge in [-0.2, -0.15) is 5.10 Å². The zero-order valence-corrected chi connectivity index (χ0v) is 14.9. The Morgan fingerprint density at radius 2 is 1.74 bits per heavy atom. The first-order valence-electron chi connectivity index (χ1n) is 8.72. The lowest BCUT2D eigenvalue weighted by molar-refractivity contribution is 0.0965. The quantitative estimate of drug-likeness (QED) is 0.587. The van der Waals surface area contributed by atoms with Crippen LogP contribution in [0.15, 0.2) is 72.9 Å². The molecule has 4 rings (SSSR count). The topological polar surface area (TPSA) is 66.6 Å². The molecule has 27 heavy (non-hydrogen) atoms. The van der Waals surface area contributed by atoms with Crippen molar-refractivity contribution in [3.8, 4) is 22.4 Å². The SMILES string of the molecule is CNC(=O)c1c(-c2ccccc2)nn2cc(-c3ccccc3CO)ccc12. The van der Waals surface area contributed by atoms with Crippen molar-refractivity contribution in [1.29, 1.82) is 0 Å². The van der Waals surface area contributed by atoms with Crippen LogP contribution in [-0.2, 0) is 6.61 Å². The molecule has 0 unspecified atom stereocenters. The van der Waals surface area contributed by atoms with Crippen LogP contribution in [0, 0.1) is 0 Å². The summed E-state index contributed by atoms with van der Waals surface area (Å²) in [6, 6.07) is 21.2. The smallest absolute Gasteiger partial charge is 0.255 e. The summed E-state index contributed by atoms with van der Waals surface area (Å²) in [5, 5.41) is 17.0. The molecule has 2 aromatic carbocycles. The third-order valence-electron chi connectivity index (χ3n) is 4.63. The number of carbonyl (C=O) groups excluding carboxylic acids is 1. The monoisotopic (exact) mass is 357 g/mol. The molecule has 5 heteroatoms. The molecule has 1 amide bonds. The van der Waals surface area contributed by atoms with Crippen LogP contribution in [0.25, 0.3) is 27.9 Å². The van der Waals surface area contributed by atoms with Crippen LogP contribution >= 0.6 is 0 Å². The molecule has 0 bridgehead atoms. The van der Waals surface area contributed by atoms with E-state index in [1.165, 1.54) is 0 Å². The molecule has 0 saturated heterocycles. The van der Waals surface area contributed by atoms with Gasteiger partial charge in [0.05, 0.1) is 17.7 Å². The van der Waals surface area contributed by atoms with Crippen molar-refractivity contribution in [3.63, 3.8) is 0 Å².